The van der Waals surface area contributed by atoms with Crippen molar-refractivity contribution in [2.75, 3.05) is 6.61 Å². The van der Waals surface area contributed by atoms with E-state index in [2.05, 4.69) is 15.9 Å². The van der Waals surface area contributed by atoms with Crippen molar-refractivity contribution in [1.29, 1.82) is 0 Å². The van der Waals surface area contributed by atoms with Crippen LogP contribution in [0.2, 0.25) is 0 Å². The van der Waals surface area contributed by atoms with Gasteiger partial charge in [0.25, 0.3) is 0 Å². The molecule has 0 aromatic heterocycles. The predicted molar refractivity (Wildman–Crippen MR) is 80.4 cm³/mol. The predicted octanol–water partition coefficient (Wildman–Crippen LogP) is 3.68. The second-order valence-corrected chi connectivity index (χ2v) is 6.15. The highest BCUT2D eigenvalue weighted by Gasteiger charge is 2.47. The summed E-state index contributed by atoms with van der Waals surface area (Å²) in [6.45, 7) is 2.09. The van der Waals surface area contributed by atoms with Gasteiger partial charge in [0.2, 0.25) is 0 Å². The molecule has 2 rings (SSSR count). The molecule has 108 valence electrons. The lowest BCUT2D eigenvalue weighted by Gasteiger charge is -2.33. The second kappa shape index (κ2) is 6.53. The van der Waals surface area contributed by atoms with Gasteiger partial charge in [-0.3, -0.25) is 9.59 Å². The van der Waals surface area contributed by atoms with Crippen LogP contribution >= 0.6 is 15.9 Å². The Kier molecular flexibility index (Phi) is 4.97. The fourth-order valence-corrected chi connectivity index (χ4v) is 3.05. The summed E-state index contributed by atoms with van der Waals surface area (Å²) < 4.78 is 6.17. The number of hydrogen-bond acceptors (Lipinski definition) is 3. The lowest BCUT2D eigenvalue weighted by Crippen LogP contribution is -2.44. The van der Waals surface area contributed by atoms with Gasteiger partial charge in [-0.05, 0) is 43.9 Å². The molecule has 1 aliphatic carbocycles. The molecule has 0 amide bonds. The molecule has 0 radical (unpaired) electrons. The molecule has 1 saturated carbocycles. The lowest BCUT2D eigenvalue weighted by molar-refractivity contribution is -0.162. The van der Waals surface area contributed by atoms with E-state index in [0.29, 0.717) is 25.9 Å². The first-order valence-electron chi connectivity index (χ1n) is 7.03. The highest BCUT2D eigenvalue weighted by Crippen LogP contribution is 2.38. The summed E-state index contributed by atoms with van der Waals surface area (Å²) in [5, 5.41) is 0. The van der Waals surface area contributed by atoms with Gasteiger partial charge in [0, 0.05) is 10.9 Å². The maximum absolute atomic E-state index is 12.4. The van der Waals surface area contributed by atoms with Crippen molar-refractivity contribution < 1.29 is 14.3 Å². The van der Waals surface area contributed by atoms with E-state index in [9.17, 15) is 9.59 Å². The molecule has 1 aromatic rings. The third-order valence-corrected chi connectivity index (χ3v) is 4.41. The molecule has 0 aliphatic heterocycles. The smallest absolute Gasteiger partial charge is 0.319 e. The van der Waals surface area contributed by atoms with E-state index in [1.54, 1.807) is 6.92 Å². The molecule has 20 heavy (non-hydrogen) atoms. The summed E-state index contributed by atoms with van der Waals surface area (Å²) in [6, 6.07) is 7.77. The number of benzene rings is 1. The van der Waals surface area contributed by atoms with Crippen LogP contribution in [0.1, 0.15) is 38.2 Å². The normalized spacial score (nSPS) is 22.6. The van der Waals surface area contributed by atoms with Crippen molar-refractivity contribution >= 4 is 27.7 Å². The lowest BCUT2D eigenvalue weighted by atomic mass is 9.69. The molecule has 1 atom stereocenters. The van der Waals surface area contributed by atoms with Gasteiger partial charge < -0.3 is 4.74 Å². The largest absolute Gasteiger partial charge is 0.465 e. The van der Waals surface area contributed by atoms with E-state index in [1.807, 2.05) is 24.3 Å². The zero-order chi connectivity index (χ0) is 14.6. The maximum Gasteiger partial charge on any atom is 0.319 e. The summed E-state index contributed by atoms with van der Waals surface area (Å²) >= 11 is 3.39. The summed E-state index contributed by atoms with van der Waals surface area (Å²) in [5.41, 5.74) is 0.0266. The Labute approximate surface area is 127 Å². The number of hydrogen-bond donors (Lipinski definition) is 0. The molecule has 1 unspecified atom stereocenters. The van der Waals surface area contributed by atoms with Crippen LogP contribution < -0.4 is 0 Å². The number of ketones is 1. The summed E-state index contributed by atoms with van der Waals surface area (Å²) in [7, 11) is 0. The second-order valence-electron chi connectivity index (χ2n) is 5.24. The van der Waals surface area contributed by atoms with Crippen LogP contribution in [0.4, 0.5) is 0 Å². The zero-order valence-corrected chi connectivity index (χ0v) is 13.2. The van der Waals surface area contributed by atoms with E-state index in [1.165, 1.54) is 0 Å². The molecule has 3 nitrogen and oxygen atoms in total. The molecule has 0 saturated heterocycles. The molecule has 4 heteroatoms. The zero-order valence-electron chi connectivity index (χ0n) is 11.7. The van der Waals surface area contributed by atoms with Crippen LogP contribution in [0.15, 0.2) is 28.7 Å². The Morgan fingerprint density at radius 1 is 1.30 bits per heavy atom. The molecule has 0 heterocycles. The van der Waals surface area contributed by atoms with E-state index in [-0.39, 0.29) is 11.8 Å². The van der Waals surface area contributed by atoms with Crippen molar-refractivity contribution in [2.45, 2.75) is 39.0 Å². The van der Waals surface area contributed by atoms with Gasteiger partial charge >= 0.3 is 5.97 Å². The van der Waals surface area contributed by atoms with Gasteiger partial charge in [-0.1, -0.05) is 34.5 Å². The third-order valence-electron chi connectivity index (χ3n) is 3.88. The first kappa shape index (κ1) is 15.2. The Balaban J connectivity index is 2.28. The van der Waals surface area contributed by atoms with E-state index >= 15 is 0 Å². The van der Waals surface area contributed by atoms with Crippen molar-refractivity contribution in [3.8, 4) is 0 Å². The SMILES string of the molecule is CCOC(=O)C1(Cc2ccc(Br)cc2)CCCCC1=O. The molecular formula is C16H19BrO3. The van der Waals surface area contributed by atoms with Gasteiger partial charge in [-0.15, -0.1) is 0 Å². The fourth-order valence-electron chi connectivity index (χ4n) is 2.79. The number of carbonyl (C=O) groups excluding carboxylic acids is 2. The molecule has 1 aromatic carbocycles. The van der Waals surface area contributed by atoms with Crippen LogP contribution in [0.5, 0.6) is 0 Å². The van der Waals surface area contributed by atoms with Crippen molar-refractivity contribution in [2.24, 2.45) is 5.41 Å². The van der Waals surface area contributed by atoms with Gasteiger partial charge in [0.15, 0.2) is 5.78 Å². The molecule has 1 fully saturated rings. The van der Waals surface area contributed by atoms with E-state index in [0.717, 1.165) is 22.9 Å². The molecule has 1 aliphatic rings. The molecule has 0 spiro atoms. The highest BCUT2D eigenvalue weighted by atomic mass is 79.9. The van der Waals surface area contributed by atoms with Crippen LogP contribution in [-0.2, 0) is 20.7 Å². The number of rotatable bonds is 4. The van der Waals surface area contributed by atoms with Crippen LogP contribution in [-0.4, -0.2) is 18.4 Å². The first-order valence-corrected chi connectivity index (χ1v) is 7.83. The molecular weight excluding hydrogens is 320 g/mol. The van der Waals surface area contributed by atoms with Crippen molar-refractivity contribution in [1.82, 2.24) is 0 Å². The number of carbonyl (C=O) groups is 2. The Bertz CT molecular complexity index is 495. The third kappa shape index (κ3) is 3.11. The Morgan fingerprint density at radius 3 is 2.60 bits per heavy atom. The summed E-state index contributed by atoms with van der Waals surface area (Å²) in [4.78, 5) is 24.7. The fraction of sp³-hybridized carbons (Fsp3) is 0.500. The topological polar surface area (TPSA) is 43.4 Å². The standard InChI is InChI=1S/C16H19BrO3/c1-2-20-15(19)16(10-4-3-5-14(16)18)11-12-6-8-13(17)9-7-12/h6-9H,2-5,10-11H2,1H3. The number of halogens is 1. The minimum atomic E-state index is -0.970. The van der Waals surface area contributed by atoms with E-state index < -0.39 is 5.41 Å². The van der Waals surface area contributed by atoms with Gasteiger partial charge in [0.1, 0.15) is 5.41 Å². The Morgan fingerprint density at radius 2 is 2.00 bits per heavy atom. The van der Waals surface area contributed by atoms with Crippen LogP contribution in [0.3, 0.4) is 0 Å². The van der Waals surface area contributed by atoms with Crippen LogP contribution in [0, 0.1) is 5.41 Å². The highest BCUT2D eigenvalue weighted by molar-refractivity contribution is 9.10. The van der Waals surface area contributed by atoms with Gasteiger partial charge in [-0.2, -0.15) is 0 Å². The average Bonchev–Trinajstić information content (AvgIpc) is 2.44. The van der Waals surface area contributed by atoms with Gasteiger partial charge in [-0.25, -0.2) is 0 Å². The molecule has 0 bridgehead atoms. The van der Waals surface area contributed by atoms with Crippen molar-refractivity contribution in [3.63, 3.8) is 0 Å². The monoisotopic (exact) mass is 338 g/mol. The summed E-state index contributed by atoms with van der Waals surface area (Å²) in [5.74, 6) is -0.322. The minimum absolute atomic E-state index is 0.0325. The number of esters is 1. The first-order chi connectivity index (χ1) is 9.58. The molecule has 0 N–H and O–H groups in total. The van der Waals surface area contributed by atoms with Crippen molar-refractivity contribution in [3.05, 3.63) is 34.3 Å². The van der Waals surface area contributed by atoms with Crippen LogP contribution in [0.25, 0.3) is 0 Å². The quantitative estimate of drug-likeness (QED) is 0.621. The van der Waals surface area contributed by atoms with E-state index in [4.69, 9.17) is 4.74 Å². The average molecular weight is 339 g/mol. The van der Waals surface area contributed by atoms with Gasteiger partial charge in [0.05, 0.1) is 6.61 Å². The Hall–Kier alpha value is -1.16. The minimum Gasteiger partial charge on any atom is -0.465 e. The maximum atomic E-state index is 12.4. The summed E-state index contributed by atoms with van der Waals surface area (Å²) in [6.07, 6.45) is 3.30. The number of ether oxygens (including phenoxy) is 1. The number of Topliss-reactive ketones (excluding diaryl/α,β-unsaturated/α-hetero) is 1.